The van der Waals surface area contributed by atoms with Crippen molar-refractivity contribution in [2.75, 3.05) is 59.4 Å². The van der Waals surface area contributed by atoms with Gasteiger partial charge in [-0.15, -0.1) is 0 Å². The van der Waals surface area contributed by atoms with E-state index in [2.05, 4.69) is 19.2 Å². The summed E-state index contributed by atoms with van der Waals surface area (Å²) in [6.07, 6.45) is 1.65. The fraction of sp³-hybridized carbons (Fsp3) is 0.889. The monoisotopic (exact) mass is 377 g/mol. The molecule has 26 heavy (non-hydrogen) atoms. The van der Waals surface area contributed by atoms with E-state index in [0.29, 0.717) is 65.1 Å². The van der Waals surface area contributed by atoms with Crippen molar-refractivity contribution in [2.24, 2.45) is 5.92 Å². The van der Waals surface area contributed by atoms with Crippen LogP contribution in [0.25, 0.3) is 0 Å². The molecule has 154 valence electrons. The number of carbonyl (C=O) groups excluding carboxylic acids is 1. The molecule has 0 radical (unpaired) electrons. The lowest BCUT2D eigenvalue weighted by Gasteiger charge is -2.08. The summed E-state index contributed by atoms with van der Waals surface area (Å²) in [7, 11) is 0. The number of hydrogen-bond donors (Lipinski definition) is 2. The van der Waals surface area contributed by atoms with Gasteiger partial charge in [0.15, 0.2) is 0 Å². The van der Waals surface area contributed by atoms with Crippen molar-refractivity contribution in [3.05, 3.63) is 0 Å². The predicted octanol–water partition coefficient (Wildman–Crippen LogP) is 1.47. The Morgan fingerprint density at radius 1 is 0.808 bits per heavy atom. The zero-order valence-electron chi connectivity index (χ0n) is 16.2. The van der Waals surface area contributed by atoms with Gasteiger partial charge in [0, 0.05) is 26.0 Å². The minimum absolute atomic E-state index is 0.0101. The van der Waals surface area contributed by atoms with Crippen LogP contribution in [0.1, 0.15) is 39.5 Å². The summed E-state index contributed by atoms with van der Waals surface area (Å²) in [5, 5.41) is 11.1. The Balaban J connectivity index is 3.13. The van der Waals surface area contributed by atoms with Crippen molar-refractivity contribution in [3.8, 4) is 0 Å². The fourth-order valence-electron chi connectivity index (χ4n) is 1.83. The molecular weight excluding hydrogens is 342 g/mol. The third-order valence-electron chi connectivity index (χ3n) is 3.32. The summed E-state index contributed by atoms with van der Waals surface area (Å²) in [6, 6.07) is 0. The quantitative estimate of drug-likeness (QED) is 0.329. The molecule has 0 saturated heterocycles. The highest BCUT2D eigenvalue weighted by Crippen LogP contribution is 1.98. The van der Waals surface area contributed by atoms with Crippen molar-refractivity contribution in [1.82, 2.24) is 5.32 Å². The van der Waals surface area contributed by atoms with Crippen molar-refractivity contribution >= 4 is 11.9 Å². The van der Waals surface area contributed by atoms with Gasteiger partial charge in [-0.25, -0.2) is 0 Å². The number of carboxylic acids is 1. The maximum absolute atomic E-state index is 11.4. The number of carboxylic acid groups (broad SMARTS) is 1. The van der Waals surface area contributed by atoms with Gasteiger partial charge >= 0.3 is 5.97 Å². The van der Waals surface area contributed by atoms with E-state index in [4.69, 9.17) is 24.1 Å². The molecule has 0 aromatic heterocycles. The average Bonchev–Trinajstić information content (AvgIpc) is 2.57. The summed E-state index contributed by atoms with van der Waals surface area (Å²) in [5.41, 5.74) is 0. The summed E-state index contributed by atoms with van der Waals surface area (Å²) >= 11 is 0. The molecule has 0 aliphatic carbocycles. The average molecular weight is 377 g/mol. The van der Waals surface area contributed by atoms with Crippen LogP contribution in [0, 0.1) is 5.92 Å². The third-order valence-corrected chi connectivity index (χ3v) is 3.32. The molecule has 0 rings (SSSR count). The Kier molecular flexibility index (Phi) is 17.7. The van der Waals surface area contributed by atoms with Gasteiger partial charge in [-0.3, -0.25) is 9.59 Å². The van der Waals surface area contributed by atoms with Gasteiger partial charge in [0.2, 0.25) is 5.91 Å². The zero-order chi connectivity index (χ0) is 19.5. The lowest BCUT2D eigenvalue weighted by atomic mass is 10.1. The first-order chi connectivity index (χ1) is 12.5. The van der Waals surface area contributed by atoms with Crippen molar-refractivity contribution in [2.45, 2.75) is 39.5 Å². The van der Waals surface area contributed by atoms with Crippen LogP contribution in [0.3, 0.4) is 0 Å². The lowest BCUT2D eigenvalue weighted by Crippen LogP contribution is -2.27. The van der Waals surface area contributed by atoms with Crippen LogP contribution < -0.4 is 5.32 Å². The van der Waals surface area contributed by atoms with Crippen LogP contribution >= 0.6 is 0 Å². The van der Waals surface area contributed by atoms with E-state index in [1.165, 1.54) is 0 Å². The molecule has 0 spiro atoms. The summed E-state index contributed by atoms with van der Waals surface area (Å²) in [6.45, 7) is 9.07. The molecule has 1 amide bonds. The maximum Gasteiger partial charge on any atom is 0.303 e. The van der Waals surface area contributed by atoms with Crippen LogP contribution in [0.5, 0.6) is 0 Å². The Morgan fingerprint density at radius 3 is 1.81 bits per heavy atom. The number of amides is 1. The number of rotatable bonds is 19. The van der Waals surface area contributed by atoms with Gasteiger partial charge in [-0.1, -0.05) is 13.8 Å². The topological polar surface area (TPSA) is 103 Å². The number of hydrogen-bond acceptors (Lipinski definition) is 6. The van der Waals surface area contributed by atoms with Crippen molar-refractivity contribution in [1.29, 1.82) is 0 Å². The van der Waals surface area contributed by atoms with E-state index in [1.807, 2.05) is 0 Å². The molecule has 0 atom stereocenters. The molecular formula is C18H35NO7. The van der Waals surface area contributed by atoms with Crippen LogP contribution in [0.2, 0.25) is 0 Å². The van der Waals surface area contributed by atoms with E-state index in [1.54, 1.807) is 0 Å². The Hall–Kier alpha value is -1.22. The van der Waals surface area contributed by atoms with Crippen molar-refractivity contribution in [3.63, 3.8) is 0 Å². The molecule has 0 saturated carbocycles. The van der Waals surface area contributed by atoms with Crippen LogP contribution in [0.15, 0.2) is 0 Å². The van der Waals surface area contributed by atoms with E-state index in [9.17, 15) is 9.59 Å². The predicted molar refractivity (Wildman–Crippen MR) is 97.2 cm³/mol. The smallest absolute Gasteiger partial charge is 0.303 e. The Labute approximate surface area is 156 Å². The summed E-state index contributed by atoms with van der Waals surface area (Å²) < 4.78 is 21.5. The van der Waals surface area contributed by atoms with Gasteiger partial charge in [0.1, 0.15) is 0 Å². The second-order valence-electron chi connectivity index (χ2n) is 6.23. The number of nitrogens with one attached hydrogen (secondary N) is 1. The third kappa shape index (κ3) is 20.8. The van der Waals surface area contributed by atoms with Crippen LogP contribution in [0.4, 0.5) is 0 Å². The van der Waals surface area contributed by atoms with E-state index >= 15 is 0 Å². The van der Waals surface area contributed by atoms with Gasteiger partial charge in [-0.05, 0) is 18.8 Å². The van der Waals surface area contributed by atoms with Crippen LogP contribution in [-0.2, 0) is 28.5 Å². The highest BCUT2D eigenvalue weighted by molar-refractivity contribution is 5.76. The molecule has 0 heterocycles. The molecule has 8 heteroatoms. The number of carbonyl (C=O) groups is 2. The molecule has 0 aromatic rings. The maximum atomic E-state index is 11.4. The van der Waals surface area contributed by atoms with Crippen LogP contribution in [-0.4, -0.2) is 76.4 Å². The van der Waals surface area contributed by atoms with E-state index < -0.39 is 5.97 Å². The lowest BCUT2D eigenvalue weighted by molar-refractivity contribution is -0.137. The fourth-order valence-corrected chi connectivity index (χ4v) is 1.83. The largest absolute Gasteiger partial charge is 0.481 e. The zero-order valence-corrected chi connectivity index (χ0v) is 16.2. The molecule has 0 unspecified atom stereocenters. The van der Waals surface area contributed by atoms with E-state index in [-0.39, 0.29) is 18.7 Å². The first-order valence-electron chi connectivity index (χ1n) is 9.31. The Morgan fingerprint density at radius 2 is 1.31 bits per heavy atom. The highest BCUT2D eigenvalue weighted by Gasteiger charge is 2.03. The van der Waals surface area contributed by atoms with Gasteiger partial charge in [-0.2, -0.15) is 0 Å². The first-order valence-corrected chi connectivity index (χ1v) is 9.31. The van der Waals surface area contributed by atoms with Crippen molar-refractivity contribution < 1.29 is 33.6 Å². The first kappa shape index (κ1) is 24.8. The van der Waals surface area contributed by atoms with E-state index in [0.717, 1.165) is 13.0 Å². The summed E-state index contributed by atoms with van der Waals surface area (Å²) in [4.78, 5) is 21.7. The molecule has 0 aromatic carbocycles. The molecule has 8 nitrogen and oxygen atoms in total. The normalized spacial score (nSPS) is 11.0. The molecule has 0 aliphatic rings. The van der Waals surface area contributed by atoms with Gasteiger partial charge in [0.05, 0.1) is 46.2 Å². The minimum atomic E-state index is -0.887. The highest BCUT2D eigenvalue weighted by atomic mass is 16.6. The minimum Gasteiger partial charge on any atom is -0.481 e. The second kappa shape index (κ2) is 18.6. The number of ether oxygens (including phenoxy) is 4. The molecule has 2 N–H and O–H groups in total. The second-order valence-corrected chi connectivity index (χ2v) is 6.23. The Bertz CT molecular complexity index is 350. The van der Waals surface area contributed by atoms with Gasteiger partial charge in [0.25, 0.3) is 0 Å². The molecule has 0 aliphatic heterocycles. The number of aliphatic carboxylic acids is 1. The van der Waals surface area contributed by atoms with Gasteiger partial charge < -0.3 is 29.4 Å². The molecule has 0 fully saturated rings. The molecule has 0 bridgehead atoms. The SMILES string of the molecule is CC(C)CCOCCOCCOCCOCCNC(=O)CCCC(=O)O. The summed E-state index contributed by atoms with van der Waals surface area (Å²) in [5.74, 6) is -0.385. The standard InChI is InChI=1S/C18H35NO7/c1-16(2)6-8-23-10-12-25-14-15-26-13-11-24-9-7-19-17(20)4-3-5-18(21)22/h16H,3-15H2,1-2H3,(H,19,20)(H,21,22).